The topological polar surface area (TPSA) is 36.4 Å². The first-order valence-corrected chi connectivity index (χ1v) is 5.79. The van der Waals surface area contributed by atoms with Gasteiger partial charge in [-0.25, -0.2) is 0 Å². The smallest absolute Gasteiger partial charge is 0.191 e. The van der Waals surface area contributed by atoms with E-state index in [0.717, 1.165) is 22.9 Å². The van der Waals surface area contributed by atoms with Crippen molar-refractivity contribution in [1.82, 2.24) is 10.6 Å². The van der Waals surface area contributed by atoms with E-state index in [2.05, 4.69) is 38.1 Å². The average Bonchev–Trinajstić information content (AvgIpc) is 2.07. The van der Waals surface area contributed by atoms with Crippen LogP contribution < -0.4 is 10.6 Å². The lowest BCUT2D eigenvalue weighted by Crippen LogP contribution is -2.41. The van der Waals surface area contributed by atoms with Gasteiger partial charge in [0.05, 0.1) is 0 Å². The predicted molar refractivity (Wildman–Crippen MR) is 80.2 cm³/mol. The molecule has 88 valence electrons. The zero-order valence-corrected chi connectivity index (χ0v) is 13.0. The maximum atomic E-state index is 4.12. The van der Waals surface area contributed by atoms with Crippen LogP contribution in [0.25, 0.3) is 0 Å². The Balaban J connectivity index is 0.00000196. The molecule has 0 amide bonds. The molecule has 0 bridgehead atoms. The van der Waals surface area contributed by atoms with Crippen LogP contribution >= 0.6 is 39.9 Å². The Labute approximate surface area is 117 Å². The molecule has 1 rings (SSSR count). The number of hydrogen-bond acceptors (Lipinski definition) is 1. The van der Waals surface area contributed by atoms with Crippen molar-refractivity contribution in [2.75, 3.05) is 20.1 Å². The summed E-state index contributed by atoms with van der Waals surface area (Å²) in [7, 11) is 1.78. The summed E-state index contributed by atoms with van der Waals surface area (Å²) in [5.74, 6) is 1.71. The lowest BCUT2D eigenvalue weighted by Gasteiger charge is -2.26. The molecule has 1 saturated carbocycles. The van der Waals surface area contributed by atoms with Crippen LogP contribution in [-0.2, 0) is 0 Å². The maximum absolute atomic E-state index is 4.12. The molecule has 0 aromatic heterocycles. The molecule has 1 aliphatic rings. The molecule has 0 atom stereocenters. The van der Waals surface area contributed by atoms with Crippen LogP contribution in [0.2, 0.25) is 0 Å². The van der Waals surface area contributed by atoms with Gasteiger partial charge in [0, 0.05) is 24.6 Å². The van der Waals surface area contributed by atoms with Crippen molar-refractivity contribution in [3.8, 4) is 0 Å². The van der Waals surface area contributed by atoms with Crippen molar-refractivity contribution >= 4 is 45.9 Å². The van der Waals surface area contributed by atoms with E-state index in [4.69, 9.17) is 0 Å². The van der Waals surface area contributed by atoms with Crippen LogP contribution in [0.1, 0.15) is 19.3 Å². The number of nitrogens with one attached hydrogen (secondary N) is 2. The van der Waals surface area contributed by atoms with Crippen molar-refractivity contribution in [2.24, 2.45) is 10.9 Å². The second kappa shape index (κ2) is 8.38. The van der Waals surface area contributed by atoms with Crippen LogP contribution in [0.3, 0.4) is 0 Å². The van der Waals surface area contributed by atoms with Gasteiger partial charge in [-0.15, -0.1) is 24.0 Å². The van der Waals surface area contributed by atoms with Gasteiger partial charge in [-0.05, 0) is 18.8 Å². The average molecular weight is 388 g/mol. The van der Waals surface area contributed by atoms with Gasteiger partial charge in [0.25, 0.3) is 0 Å². The molecular formula is C10H19BrIN3. The Bertz CT molecular complexity index is 227. The number of guanidine groups is 1. The molecule has 0 spiro atoms. The summed E-state index contributed by atoms with van der Waals surface area (Å²) in [5.41, 5.74) is 0. The Morgan fingerprint density at radius 1 is 1.47 bits per heavy atom. The highest BCUT2D eigenvalue weighted by molar-refractivity contribution is 14.0. The fraction of sp³-hybridized carbons (Fsp3) is 0.700. The minimum atomic E-state index is 0. The van der Waals surface area contributed by atoms with E-state index >= 15 is 0 Å². The fourth-order valence-corrected chi connectivity index (χ4v) is 1.48. The summed E-state index contributed by atoms with van der Waals surface area (Å²) in [4.78, 5) is 4.12. The molecule has 0 aromatic carbocycles. The maximum Gasteiger partial charge on any atom is 0.191 e. The number of rotatable bonds is 4. The summed E-state index contributed by atoms with van der Waals surface area (Å²) in [6, 6.07) is 0. The van der Waals surface area contributed by atoms with Crippen LogP contribution in [0.5, 0.6) is 0 Å². The lowest BCUT2D eigenvalue weighted by molar-refractivity contribution is 0.315. The monoisotopic (exact) mass is 387 g/mol. The number of nitrogens with zero attached hydrogens (tertiary/aromatic N) is 1. The Morgan fingerprint density at radius 3 is 2.53 bits per heavy atom. The second-order valence-corrected chi connectivity index (χ2v) is 4.74. The van der Waals surface area contributed by atoms with E-state index in [9.17, 15) is 0 Å². The minimum Gasteiger partial charge on any atom is -0.356 e. The van der Waals surface area contributed by atoms with E-state index in [1.807, 2.05) is 0 Å². The van der Waals surface area contributed by atoms with Crippen LogP contribution in [0.15, 0.2) is 16.1 Å². The van der Waals surface area contributed by atoms with Gasteiger partial charge in [-0.3, -0.25) is 4.99 Å². The summed E-state index contributed by atoms with van der Waals surface area (Å²) in [5, 5.41) is 6.47. The molecule has 15 heavy (non-hydrogen) atoms. The zero-order chi connectivity index (χ0) is 10.4. The lowest BCUT2D eigenvalue weighted by atomic mass is 9.85. The highest BCUT2D eigenvalue weighted by atomic mass is 127. The van der Waals surface area contributed by atoms with Crippen molar-refractivity contribution in [2.45, 2.75) is 19.3 Å². The summed E-state index contributed by atoms with van der Waals surface area (Å²) < 4.78 is 0.934. The number of aliphatic imine (C=N–C) groups is 1. The highest BCUT2D eigenvalue weighted by Crippen LogP contribution is 2.24. The molecule has 2 N–H and O–H groups in total. The molecule has 0 unspecified atom stereocenters. The number of hydrogen-bond donors (Lipinski definition) is 2. The van der Waals surface area contributed by atoms with E-state index < -0.39 is 0 Å². The minimum absolute atomic E-state index is 0. The van der Waals surface area contributed by atoms with Crippen LogP contribution in [0, 0.1) is 5.92 Å². The molecule has 1 aliphatic carbocycles. The molecule has 0 heterocycles. The highest BCUT2D eigenvalue weighted by Gasteiger charge is 2.17. The van der Waals surface area contributed by atoms with Crippen LogP contribution in [-0.4, -0.2) is 26.1 Å². The van der Waals surface area contributed by atoms with Crippen molar-refractivity contribution in [3.05, 3.63) is 11.1 Å². The predicted octanol–water partition coefficient (Wildman–Crippen LogP) is 2.48. The van der Waals surface area contributed by atoms with Gasteiger partial charge in [0.15, 0.2) is 5.96 Å². The van der Waals surface area contributed by atoms with Gasteiger partial charge in [-0.1, -0.05) is 28.9 Å². The summed E-state index contributed by atoms with van der Waals surface area (Å²) >= 11 is 3.30. The largest absolute Gasteiger partial charge is 0.356 e. The normalized spacial score (nSPS) is 16.3. The second-order valence-electron chi connectivity index (χ2n) is 3.62. The third-order valence-electron chi connectivity index (χ3n) is 2.45. The van der Waals surface area contributed by atoms with Crippen LogP contribution in [0.4, 0.5) is 0 Å². The van der Waals surface area contributed by atoms with Gasteiger partial charge >= 0.3 is 0 Å². The first-order chi connectivity index (χ1) is 6.72. The summed E-state index contributed by atoms with van der Waals surface area (Å²) in [6.45, 7) is 5.50. The standard InChI is InChI=1S/C10H18BrN3.HI/c1-8(11)6-13-10(12-2)14-7-9-4-3-5-9;/h9H,1,3-7H2,2H3,(H2,12,13,14);1H. The number of halogens is 2. The SMILES string of the molecule is C=C(Br)CNC(=NC)NCC1CCC1.I. The summed E-state index contributed by atoms with van der Waals surface area (Å²) in [6.07, 6.45) is 4.10. The van der Waals surface area contributed by atoms with Gasteiger partial charge in [0.1, 0.15) is 0 Å². The third kappa shape index (κ3) is 6.40. The van der Waals surface area contributed by atoms with E-state index in [1.165, 1.54) is 19.3 Å². The van der Waals surface area contributed by atoms with Gasteiger partial charge in [0.2, 0.25) is 0 Å². The molecule has 0 saturated heterocycles. The van der Waals surface area contributed by atoms with Gasteiger partial charge in [-0.2, -0.15) is 0 Å². The van der Waals surface area contributed by atoms with Crippen molar-refractivity contribution < 1.29 is 0 Å². The Hall–Kier alpha value is 0.220. The molecular weight excluding hydrogens is 369 g/mol. The molecule has 5 heteroatoms. The Morgan fingerprint density at radius 2 is 2.13 bits per heavy atom. The molecule has 1 fully saturated rings. The molecule has 0 aromatic rings. The fourth-order valence-electron chi connectivity index (χ4n) is 1.34. The zero-order valence-electron chi connectivity index (χ0n) is 9.05. The molecule has 3 nitrogen and oxygen atoms in total. The van der Waals surface area contributed by atoms with E-state index in [-0.39, 0.29) is 24.0 Å². The van der Waals surface area contributed by atoms with Gasteiger partial charge < -0.3 is 10.6 Å². The van der Waals surface area contributed by atoms with Crippen molar-refractivity contribution in [1.29, 1.82) is 0 Å². The quantitative estimate of drug-likeness (QED) is 0.441. The third-order valence-corrected chi connectivity index (χ3v) is 2.73. The first-order valence-electron chi connectivity index (χ1n) is 5.00. The molecule has 0 aliphatic heterocycles. The Kier molecular flexibility index (Phi) is 8.50. The first kappa shape index (κ1) is 15.2. The van der Waals surface area contributed by atoms with E-state index in [0.29, 0.717) is 6.54 Å². The van der Waals surface area contributed by atoms with E-state index in [1.54, 1.807) is 7.05 Å². The van der Waals surface area contributed by atoms with Crippen molar-refractivity contribution in [3.63, 3.8) is 0 Å². The molecule has 0 radical (unpaired) electrons.